The number of urea groups is 1. The predicted molar refractivity (Wildman–Crippen MR) is 98.2 cm³/mol. The standard InChI is InChI=1S/C19H23F3N4O2/c1-12-5-4-6-15(9-12)23-18(27)25-7-8-28-10-16(25)17-13(2)24-26(14(17)3)11-19(20,21)22/h4-6,9,16H,7-8,10-11H2,1-3H3,(H,23,27). The molecule has 152 valence electrons. The van der Waals surface area contributed by atoms with E-state index in [4.69, 9.17) is 4.74 Å². The lowest BCUT2D eigenvalue weighted by Crippen LogP contribution is -2.45. The van der Waals surface area contributed by atoms with E-state index in [2.05, 4.69) is 10.4 Å². The number of alkyl halides is 3. The number of carbonyl (C=O) groups excluding carboxylic acids is 1. The fraction of sp³-hybridized carbons (Fsp3) is 0.474. The van der Waals surface area contributed by atoms with Crippen LogP contribution < -0.4 is 5.32 Å². The lowest BCUT2D eigenvalue weighted by atomic mass is 10.0. The first kappa shape index (κ1) is 20.2. The van der Waals surface area contributed by atoms with E-state index in [1.54, 1.807) is 24.8 Å². The summed E-state index contributed by atoms with van der Waals surface area (Å²) < 4.78 is 44.9. The van der Waals surface area contributed by atoms with Gasteiger partial charge in [0, 0.05) is 23.5 Å². The molecular formula is C19H23F3N4O2. The molecule has 1 saturated heterocycles. The summed E-state index contributed by atoms with van der Waals surface area (Å²) in [7, 11) is 0. The fourth-order valence-corrected chi connectivity index (χ4v) is 3.52. The average Bonchev–Trinajstić information content (AvgIpc) is 2.86. The van der Waals surface area contributed by atoms with Crippen LogP contribution in [0.5, 0.6) is 0 Å². The molecule has 0 spiro atoms. The van der Waals surface area contributed by atoms with E-state index < -0.39 is 18.8 Å². The Balaban J connectivity index is 1.86. The number of ether oxygens (including phenoxy) is 1. The molecular weight excluding hydrogens is 373 g/mol. The van der Waals surface area contributed by atoms with E-state index in [0.717, 1.165) is 10.2 Å². The van der Waals surface area contributed by atoms with Crippen molar-refractivity contribution in [1.29, 1.82) is 0 Å². The third-order valence-electron chi connectivity index (χ3n) is 4.76. The van der Waals surface area contributed by atoms with Crippen molar-refractivity contribution in [1.82, 2.24) is 14.7 Å². The maximum Gasteiger partial charge on any atom is 0.408 e. The van der Waals surface area contributed by atoms with Gasteiger partial charge in [0.2, 0.25) is 0 Å². The normalized spacial score (nSPS) is 17.6. The summed E-state index contributed by atoms with van der Waals surface area (Å²) in [4.78, 5) is 14.5. The summed E-state index contributed by atoms with van der Waals surface area (Å²) in [6.45, 7) is 4.92. The largest absolute Gasteiger partial charge is 0.408 e. The summed E-state index contributed by atoms with van der Waals surface area (Å²) in [5.74, 6) is 0. The number of hydrogen-bond acceptors (Lipinski definition) is 3. The molecule has 1 fully saturated rings. The number of hydrogen-bond donors (Lipinski definition) is 1. The third kappa shape index (κ3) is 4.46. The molecule has 3 rings (SSSR count). The van der Waals surface area contributed by atoms with E-state index in [1.165, 1.54) is 0 Å². The van der Waals surface area contributed by atoms with Crippen LogP contribution in [-0.2, 0) is 11.3 Å². The van der Waals surface area contributed by atoms with Gasteiger partial charge in [-0.3, -0.25) is 4.68 Å². The molecule has 0 saturated carbocycles. The van der Waals surface area contributed by atoms with Crippen LogP contribution in [0.15, 0.2) is 24.3 Å². The number of aryl methyl sites for hydroxylation is 2. The Bertz CT molecular complexity index is 863. The van der Waals surface area contributed by atoms with Gasteiger partial charge in [0.1, 0.15) is 6.54 Å². The van der Waals surface area contributed by atoms with Gasteiger partial charge in [-0.2, -0.15) is 18.3 Å². The zero-order valence-corrected chi connectivity index (χ0v) is 16.0. The van der Waals surface area contributed by atoms with Crippen molar-refractivity contribution in [2.45, 2.75) is 39.5 Å². The minimum Gasteiger partial charge on any atom is -0.377 e. The van der Waals surface area contributed by atoms with Gasteiger partial charge in [0.05, 0.1) is 24.9 Å². The molecule has 1 aliphatic rings. The number of nitrogens with one attached hydrogen (secondary N) is 1. The van der Waals surface area contributed by atoms with Crippen LogP contribution in [0.2, 0.25) is 0 Å². The SMILES string of the molecule is Cc1cccc(NC(=O)N2CCOCC2c2c(C)nn(CC(F)(F)F)c2C)c1. The highest BCUT2D eigenvalue weighted by Crippen LogP contribution is 2.31. The molecule has 0 bridgehead atoms. The number of aromatic nitrogens is 2. The number of amides is 2. The Morgan fingerprint density at radius 1 is 1.32 bits per heavy atom. The number of morpholine rings is 1. The Morgan fingerprint density at radius 2 is 2.07 bits per heavy atom. The molecule has 1 aromatic heterocycles. The van der Waals surface area contributed by atoms with Gasteiger partial charge in [-0.15, -0.1) is 0 Å². The molecule has 2 amide bonds. The highest BCUT2D eigenvalue weighted by molar-refractivity contribution is 5.89. The van der Waals surface area contributed by atoms with Crippen LogP contribution in [0.4, 0.5) is 23.7 Å². The highest BCUT2D eigenvalue weighted by atomic mass is 19.4. The summed E-state index contributed by atoms with van der Waals surface area (Å²) in [6, 6.07) is 6.59. The minimum absolute atomic E-state index is 0.209. The van der Waals surface area contributed by atoms with Gasteiger partial charge in [-0.1, -0.05) is 12.1 Å². The molecule has 1 aliphatic heterocycles. The van der Waals surface area contributed by atoms with Crippen molar-refractivity contribution in [3.8, 4) is 0 Å². The van der Waals surface area contributed by atoms with Crippen molar-refractivity contribution in [3.63, 3.8) is 0 Å². The predicted octanol–water partition coefficient (Wildman–Crippen LogP) is 3.98. The Kier molecular flexibility index (Phi) is 5.64. The van der Waals surface area contributed by atoms with Crippen LogP contribution in [0.3, 0.4) is 0 Å². The summed E-state index contributed by atoms with van der Waals surface area (Å²) in [6.07, 6.45) is -4.37. The molecule has 2 aromatic rings. The van der Waals surface area contributed by atoms with E-state index in [9.17, 15) is 18.0 Å². The van der Waals surface area contributed by atoms with Gasteiger partial charge < -0.3 is 15.0 Å². The number of nitrogens with zero attached hydrogens (tertiary/aromatic N) is 3. The first-order chi connectivity index (χ1) is 13.2. The van der Waals surface area contributed by atoms with Crippen molar-refractivity contribution in [2.75, 3.05) is 25.1 Å². The second kappa shape index (κ2) is 7.83. The molecule has 6 nitrogen and oxygen atoms in total. The fourth-order valence-electron chi connectivity index (χ4n) is 3.52. The van der Waals surface area contributed by atoms with E-state index >= 15 is 0 Å². The molecule has 1 N–H and O–H groups in total. The first-order valence-corrected chi connectivity index (χ1v) is 8.98. The summed E-state index contributed by atoms with van der Waals surface area (Å²) >= 11 is 0. The van der Waals surface area contributed by atoms with Gasteiger partial charge in [0.15, 0.2) is 0 Å². The smallest absolute Gasteiger partial charge is 0.377 e. The maximum atomic E-state index is 12.9. The van der Waals surface area contributed by atoms with Crippen molar-refractivity contribution in [2.24, 2.45) is 0 Å². The van der Waals surface area contributed by atoms with Crippen molar-refractivity contribution >= 4 is 11.7 Å². The van der Waals surface area contributed by atoms with E-state index in [0.29, 0.717) is 35.8 Å². The number of benzene rings is 1. The van der Waals surface area contributed by atoms with Crippen LogP contribution in [0, 0.1) is 20.8 Å². The molecule has 1 atom stereocenters. The molecule has 2 heterocycles. The van der Waals surface area contributed by atoms with Crippen molar-refractivity contribution in [3.05, 3.63) is 46.8 Å². The molecule has 0 radical (unpaired) electrons. The third-order valence-corrected chi connectivity index (χ3v) is 4.76. The molecule has 0 aliphatic carbocycles. The molecule has 9 heteroatoms. The highest BCUT2D eigenvalue weighted by Gasteiger charge is 2.35. The van der Waals surface area contributed by atoms with E-state index in [1.807, 2.05) is 25.1 Å². The second-order valence-electron chi connectivity index (χ2n) is 6.94. The topological polar surface area (TPSA) is 59.4 Å². The Labute approximate surface area is 161 Å². The van der Waals surface area contributed by atoms with Gasteiger partial charge in [-0.05, 0) is 38.5 Å². The number of halogens is 3. The number of carbonyl (C=O) groups is 1. The van der Waals surface area contributed by atoms with Crippen LogP contribution in [0.25, 0.3) is 0 Å². The van der Waals surface area contributed by atoms with Crippen molar-refractivity contribution < 1.29 is 22.7 Å². The number of anilines is 1. The molecule has 1 aromatic carbocycles. The Hall–Kier alpha value is -2.55. The Morgan fingerprint density at radius 3 is 2.75 bits per heavy atom. The van der Waals surface area contributed by atoms with E-state index in [-0.39, 0.29) is 12.6 Å². The maximum absolute atomic E-state index is 12.9. The van der Waals surface area contributed by atoms with Gasteiger partial charge >= 0.3 is 12.2 Å². The minimum atomic E-state index is -4.37. The first-order valence-electron chi connectivity index (χ1n) is 8.98. The zero-order chi connectivity index (χ0) is 20.5. The molecule has 1 unspecified atom stereocenters. The van der Waals surface area contributed by atoms with Gasteiger partial charge in [-0.25, -0.2) is 4.79 Å². The van der Waals surface area contributed by atoms with Crippen LogP contribution in [-0.4, -0.2) is 46.6 Å². The lowest BCUT2D eigenvalue weighted by Gasteiger charge is -2.36. The monoisotopic (exact) mass is 396 g/mol. The summed E-state index contributed by atoms with van der Waals surface area (Å²) in [5.41, 5.74) is 3.13. The number of rotatable bonds is 3. The quantitative estimate of drug-likeness (QED) is 0.854. The van der Waals surface area contributed by atoms with Crippen LogP contribution >= 0.6 is 0 Å². The second-order valence-corrected chi connectivity index (χ2v) is 6.94. The average molecular weight is 396 g/mol. The molecule has 28 heavy (non-hydrogen) atoms. The lowest BCUT2D eigenvalue weighted by molar-refractivity contribution is -0.143. The zero-order valence-electron chi connectivity index (χ0n) is 16.0. The van der Waals surface area contributed by atoms with Gasteiger partial charge in [0.25, 0.3) is 0 Å². The summed E-state index contributed by atoms with van der Waals surface area (Å²) in [5, 5.41) is 6.90. The van der Waals surface area contributed by atoms with Crippen LogP contribution in [0.1, 0.15) is 28.6 Å².